The zero-order chi connectivity index (χ0) is 17.1. The number of nitro groups is 1. The first kappa shape index (κ1) is 20.4. The highest BCUT2D eigenvalue weighted by atomic mass is 35.5. The molecule has 0 aliphatic carbocycles. The monoisotopic (exact) mass is 359 g/mol. The fourth-order valence-electron chi connectivity index (χ4n) is 3.32. The Hall–Kier alpha value is -1.67. The van der Waals surface area contributed by atoms with Crippen molar-refractivity contribution >= 4 is 24.0 Å². The number of rotatable bonds is 5. The molecular formula is C15H26ClN5O3. The van der Waals surface area contributed by atoms with Crippen LogP contribution in [0.15, 0.2) is 0 Å². The Kier molecular flexibility index (Phi) is 7.16. The van der Waals surface area contributed by atoms with Crippen LogP contribution in [0.5, 0.6) is 0 Å². The summed E-state index contributed by atoms with van der Waals surface area (Å²) in [6.07, 6.45) is 2.21. The molecule has 2 N–H and O–H groups in total. The number of amides is 1. The number of hydrogen-bond donors (Lipinski definition) is 1. The topological polar surface area (TPSA) is 107 Å². The van der Waals surface area contributed by atoms with Gasteiger partial charge in [0.05, 0.1) is 11.5 Å². The van der Waals surface area contributed by atoms with Crippen molar-refractivity contribution in [1.82, 2.24) is 14.7 Å². The van der Waals surface area contributed by atoms with E-state index in [0.29, 0.717) is 30.4 Å². The summed E-state index contributed by atoms with van der Waals surface area (Å²) < 4.78 is 1.55. The van der Waals surface area contributed by atoms with Gasteiger partial charge in [0, 0.05) is 25.6 Å². The number of carbonyl (C=O) groups is 1. The summed E-state index contributed by atoms with van der Waals surface area (Å²) in [5.74, 6) is 0.633. The summed E-state index contributed by atoms with van der Waals surface area (Å²) in [6, 6.07) is 0.0982. The molecule has 2 heterocycles. The van der Waals surface area contributed by atoms with Crippen LogP contribution in [0.2, 0.25) is 0 Å². The maximum absolute atomic E-state index is 12.5. The van der Waals surface area contributed by atoms with Crippen molar-refractivity contribution in [3.05, 3.63) is 21.5 Å². The van der Waals surface area contributed by atoms with Gasteiger partial charge in [0.1, 0.15) is 11.4 Å². The van der Waals surface area contributed by atoms with Crippen LogP contribution in [-0.4, -0.2) is 44.6 Å². The first-order chi connectivity index (χ1) is 10.8. The SMILES string of the molecule is Cc1nn(CCC(=O)N2CCC(C)CC2CN)c(C)c1[N+](=O)[O-].Cl. The molecule has 0 saturated carbocycles. The molecule has 1 aromatic rings. The fourth-order valence-corrected chi connectivity index (χ4v) is 3.32. The molecule has 136 valence electrons. The predicted octanol–water partition coefficient (Wildman–Crippen LogP) is 1.81. The van der Waals surface area contributed by atoms with Gasteiger partial charge in [-0.3, -0.25) is 19.6 Å². The van der Waals surface area contributed by atoms with E-state index in [-0.39, 0.29) is 36.5 Å². The minimum atomic E-state index is -0.424. The molecule has 0 aromatic carbocycles. The summed E-state index contributed by atoms with van der Waals surface area (Å²) in [7, 11) is 0. The third-order valence-corrected chi connectivity index (χ3v) is 4.63. The van der Waals surface area contributed by atoms with Crippen molar-refractivity contribution in [2.75, 3.05) is 13.1 Å². The Labute approximate surface area is 147 Å². The van der Waals surface area contributed by atoms with Gasteiger partial charge in [-0.05, 0) is 32.6 Å². The van der Waals surface area contributed by atoms with Crippen LogP contribution in [-0.2, 0) is 11.3 Å². The molecule has 1 saturated heterocycles. The highest BCUT2D eigenvalue weighted by Gasteiger charge is 2.29. The Bertz CT molecular complexity index is 604. The van der Waals surface area contributed by atoms with E-state index in [1.54, 1.807) is 18.5 Å². The smallest absolute Gasteiger partial charge is 0.312 e. The molecular weight excluding hydrogens is 334 g/mol. The lowest BCUT2D eigenvalue weighted by Crippen LogP contribution is -2.49. The molecule has 1 aliphatic heterocycles. The Morgan fingerprint density at radius 3 is 2.67 bits per heavy atom. The quantitative estimate of drug-likeness (QED) is 0.637. The van der Waals surface area contributed by atoms with Gasteiger partial charge >= 0.3 is 5.69 Å². The molecule has 1 aromatic heterocycles. The summed E-state index contributed by atoms with van der Waals surface area (Å²) in [5, 5.41) is 15.2. The van der Waals surface area contributed by atoms with E-state index in [0.717, 1.165) is 19.4 Å². The highest BCUT2D eigenvalue weighted by Crippen LogP contribution is 2.24. The van der Waals surface area contributed by atoms with Gasteiger partial charge in [0.15, 0.2) is 0 Å². The second-order valence-corrected chi connectivity index (χ2v) is 6.36. The second kappa shape index (κ2) is 8.43. The number of piperidine rings is 1. The average Bonchev–Trinajstić information content (AvgIpc) is 2.78. The normalized spacial score (nSPS) is 20.6. The first-order valence-corrected chi connectivity index (χ1v) is 8.03. The van der Waals surface area contributed by atoms with E-state index in [4.69, 9.17) is 5.73 Å². The van der Waals surface area contributed by atoms with Crippen LogP contribution < -0.4 is 5.73 Å². The van der Waals surface area contributed by atoms with E-state index in [1.807, 2.05) is 4.90 Å². The molecule has 9 heteroatoms. The van der Waals surface area contributed by atoms with Gasteiger partial charge in [-0.15, -0.1) is 12.4 Å². The van der Waals surface area contributed by atoms with E-state index >= 15 is 0 Å². The van der Waals surface area contributed by atoms with Gasteiger partial charge in [0.2, 0.25) is 5.91 Å². The average molecular weight is 360 g/mol. The Morgan fingerprint density at radius 1 is 1.46 bits per heavy atom. The van der Waals surface area contributed by atoms with E-state index in [9.17, 15) is 14.9 Å². The van der Waals surface area contributed by atoms with Crippen LogP contribution >= 0.6 is 12.4 Å². The molecule has 0 bridgehead atoms. The zero-order valence-electron chi connectivity index (χ0n) is 14.4. The van der Waals surface area contributed by atoms with Crippen molar-refractivity contribution in [3.8, 4) is 0 Å². The summed E-state index contributed by atoms with van der Waals surface area (Å²) in [5.41, 5.74) is 6.70. The third kappa shape index (κ3) is 4.24. The van der Waals surface area contributed by atoms with E-state index in [1.165, 1.54) is 0 Å². The highest BCUT2D eigenvalue weighted by molar-refractivity contribution is 5.85. The van der Waals surface area contributed by atoms with Gasteiger partial charge < -0.3 is 10.6 Å². The van der Waals surface area contributed by atoms with Crippen molar-refractivity contribution in [2.24, 2.45) is 11.7 Å². The number of hydrogen-bond acceptors (Lipinski definition) is 5. The second-order valence-electron chi connectivity index (χ2n) is 6.36. The molecule has 24 heavy (non-hydrogen) atoms. The van der Waals surface area contributed by atoms with Crippen molar-refractivity contribution < 1.29 is 9.72 Å². The molecule has 2 rings (SSSR count). The van der Waals surface area contributed by atoms with Crippen LogP contribution in [0.4, 0.5) is 5.69 Å². The molecule has 8 nitrogen and oxygen atoms in total. The van der Waals surface area contributed by atoms with Crippen molar-refractivity contribution in [1.29, 1.82) is 0 Å². The summed E-state index contributed by atoms with van der Waals surface area (Å²) in [6.45, 7) is 7.01. The number of nitrogens with zero attached hydrogens (tertiary/aromatic N) is 4. The van der Waals surface area contributed by atoms with E-state index in [2.05, 4.69) is 12.0 Å². The predicted molar refractivity (Wildman–Crippen MR) is 93.2 cm³/mol. The van der Waals surface area contributed by atoms with E-state index < -0.39 is 4.92 Å². The first-order valence-electron chi connectivity index (χ1n) is 8.03. The molecule has 0 spiro atoms. The van der Waals surface area contributed by atoms with Gasteiger partial charge in [-0.25, -0.2) is 0 Å². The minimum absolute atomic E-state index is 0. The standard InChI is InChI=1S/C15H25N5O3.ClH/c1-10-4-6-18(13(8-10)9-16)14(21)5-7-19-12(3)15(20(22)23)11(2)17-19;/h10,13H,4-9,16H2,1-3H3;1H. The van der Waals surface area contributed by atoms with Crippen LogP contribution in [0.25, 0.3) is 0 Å². The Morgan fingerprint density at radius 2 is 2.12 bits per heavy atom. The molecule has 2 atom stereocenters. The number of nitrogens with two attached hydrogens (primary N) is 1. The Balaban J connectivity index is 0.00000288. The van der Waals surface area contributed by atoms with Crippen LogP contribution in [0.1, 0.15) is 37.6 Å². The number of carbonyl (C=O) groups excluding carboxylic acids is 1. The number of likely N-dealkylation sites (tertiary alicyclic amines) is 1. The summed E-state index contributed by atoms with van der Waals surface area (Å²) in [4.78, 5) is 24.9. The van der Waals surface area contributed by atoms with Crippen LogP contribution in [0.3, 0.4) is 0 Å². The molecule has 1 aliphatic rings. The van der Waals surface area contributed by atoms with Crippen molar-refractivity contribution in [3.63, 3.8) is 0 Å². The van der Waals surface area contributed by atoms with Gasteiger partial charge in [-0.2, -0.15) is 5.10 Å². The largest absolute Gasteiger partial charge is 0.338 e. The molecule has 1 fully saturated rings. The minimum Gasteiger partial charge on any atom is -0.338 e. The number of aromatic nitrogens is 2. The molecule has 0 radical (unpaired) electrons. The number of halogens is 1. The lowest BCUT2D eigenvalue weighted by atomic mass is 9.92. The fraction of sp³-hybridized carbons (Fsp3) is 0.733. The van der Waals surface area contributed by atoms with Crippen molar-refractivity contribution in [2.45, 2.75) is 52.6 Å². The molecule has 2 unspecified atom stereocenters. The third-order valence-electron chi connectivity index (χ3n) is 4.63. The maximum Gasteiger partial charge on any atom is 0.312 e. The molecule has 1 amide bonds. The van der Waals surface area contributed by atoms with Crippen LogP contribution in [0, 0.1) is 29.9 Å². The van der Waals surface area contributed by atoms with Gasteiger partial charge in [-0.1, -0.05) is 6.92 Å². The zero-order valence-corrected chi connectivity index (χ0v) is 15.2. The number of aryl methyl sites for hydroxylation is 2. The van der Waals surface area contributed by atoms with Gasteiger partial charge in [0.25, 0.3) is 0 Å². The summed E-state index contributed by atoms with van der Waals surface area (Å²) >= 11 is 0. The maximum atomic E-state index is 12.5. The lowest BCUT2D eigenvalue weighted by molar-refractivity contribution is -0.386. The lowest BCUT2D eigenvalue weighted by Gasteiger charge is -2.38.